The van der Waals surface area contributed by atoms with Crippen molar-refractivity contribution in [3.05, 3.63) is 24.3 Å². The summed E-state index contributed by atoms with van der Waals surface area (Å²) in [5, 5.41) is 13.3. The zero-order valence-corrected chi connectivity index (χ0v) is 15.5. The van der Waals surface area contributed by atoms with Crippen molar-refractivity contribution in [2.75, 3.05) is 16.0 Å². The summed E-state index contributed by atoms with van der Waals surface area (Å²) in [5.74, 6) is -2.80. The van der Waals surface area contributed by atoms with Gasteiger partial charge >= 0.3 is 5.97 Å². The van der Waals surface area contributed by atoms with Gasteiger partial charge in [-0.05, 0) is 24.3 Å². The topological polar surface area (TPSA) is 133 Å². The molecule has 27 heavy (non-hydrogen) atoms. The summed E-state index contributed by atoms with van der Waals surface area (Å²) in [6, 6.07) is 5.11. The lowest BCUT2D eigenvalue weighted by molar-refractivity contribution is -0.140. The number of carboxylic acid groups (broad SMARTS) is 1. The van der Waals surface area contributed by atoms with Gasteiger partial charge in [-0.2, -0.15) is 0 Å². The molecular weight excluding hydrogens is 374 g/mol. The quantitative estimate of drug-likeness (QED) is 0.578. The molecule has 10 heteroatoms. The first-order chi connectivity index (χ1) is 12.7. The monoisotopic (exact) mass is 393 g/mol. The van der Waals surface area contributed by atoms with E-state index in [0.29, 0.717) is 11.4 Å². The first-order valence-electron chi connectivity index (χ1n) is 8.05. The van der Waals surface area contributed by atoms with E-state index >= 15 is 0 Å². The highest BCUT2D eigenvalue weighted by Crippen LogP contribution is 2.30. The van der Waals surface area contributed by atoms with Crippen molar-refractivity contribution in [1.82, 2.24) is 5.32 Å². The van der Waals surface area contributed by atoms with Crippen LogP contribution in [0.5, 0.6) is 0 Å². The minimum Gasteiger partial charge on any atom is -0.480 e. The van der Waals surface area contributed by atoms with Crippen molar-refractivity contribution in [3.8, 4) is 0 Å². The van der Waals surface area contributed by atoms with E-state index in [9.17, 15) is 24.0 Å². The van der Waals surface area contributed by atoms with Crippen LogP contribution < -0.4 is 15.5 Å². The van der Waals surface area contributed by atoms with Crippen LogP contribution >= 0.6 is 11.8 Å². The van der Waals surface area contributed by atoms with Gasteiger partial charge in [0.2, 0.25) is 23.6 Å². The Labute approximate surface area is 159 Å². The number of aliphatic carboxylic acids is 1. The summed E-state index contributed by atoms with van der Waals surface area (Å²) < 4.78 is 0. The molecule has 2 atom stereocenters. The molecule has 4 amide bonds. The Morgan fingerprint density at radius 3 is 2.33 bits per heavy atom. The van der Waals surface area contributed by atoms with Gasteiger partial charge in [-0.3, -0.25) is 19.2 Å². The van der Waals surface area contributed by atoms with Crippen LogP contribution in [0.2, 0.25) is 0 Å². The second kappa shape index (κ2) is 8.67. The van der Waals surface area contributed by atoms with Crippen LogP contribution in [0.1, 0.15) is 20.3 Å². The molecule has 1 aliphatic rings. The van der Waals surface area contributed by atoms with Gasteiger partial charge < -0.3 is 15.7 Å². The lowest BCUT2D eigenvalue weighted by atomic mass is 10.2. The summed E-state index contributed by atoms with van der Waals surface area (Å²) in [6.07, 6.45) is -0.0522. The van der Waals surface area contributed by atoms with Crippen LogP contribution in [0.25, 0.3) is 0 Å². The zero-order chi connectivity index (χ0) is 20.1. The fourth-order valence-corrected chi connectivity index (χ4v) is 3.69. The number of anilines is 2. The summed E-state index contributed by atoms with van der Waals surface area (Å²) in [6.45, 7) is 2.58. The van der Waals surface area contributed by atoms with Crippen molar-refractivity contribution in [3.63, 3.8) is 0 Å². The zero-order valence-electron chi connectivity index (χ0n) is 14.7. The molecule has 1 fully saturated rings. The standard InChI is InChI=1S/C17H19N3O6S/c1-9(21)18-11-3-5-12(6-4-11)20-15(23)7-14(16(20)24)27-8-13(17(25)26)19-10(2)22/h3-6,13-14H,7-8H2,1-2H3,(H,18,21)(H,19,22)(H,25,26). The third-order valence-electron chi connectivity index (χ3n) is 3.69. The average molecular weight is 393 g/mol. The van der Waals surface area contributed by atoms with Crippen molar-refractivity contribution in [2.24, 2.45) is 0 Å². The minimum atomic E-state index is -1.21. The number of nitrogens with one attached hydrogen (secondary N) is 2. The van der Waals surface area contributed by atoms with Gasteiger partial charge in [0, 0.05) is 31.7 Å². The van der Waals surface area contributed by atoms with E-state index in [-0.39, 0.29) is 18.1 Å². The third-order valence-corrected chi connectivity index (χ3v) is 4.99. The van der Waals surface area contributed by atoms with Gasteiger partial charge in [0.05, 0.1) is 10.9 Å². The van der Waals surface area contributed by atoms with E-state index in [4.69, 9.17) is 5.11 Å². The molecule has 1 heterocycles. The maximum absolute atomic E-state index is 12.6. The van der Waals surface area contributed by atoms with Crippen LogP contribution in [0, 0.1) is 0 Å². The Balaban J connectivity index is 2.04. The fraction of sp³-hybridized carbons (Fsp3) is 0.353. The maximum atomic E-state index is 12.6. The predicted molar refractivity (Wildman–Crippen MR) is 99.3 cm³/mol. The smallest absolute Gasteiger partial charge is 0.327 e. The van der Waals surface area contributed by atoms with Crippen molar-refractivity contribution in [1.29, 1.82) is 0 Å². The molecule has 1 aromatic rings. The number of carbonyl (C=O) groups is 5. The van der Waals surface area contributed by atoms with Crippen molar-refractivity contribution >= 4 is 52.7 Å². The van der Waals surface area contributed by atoms with E-state index in [2.05, 4.69) is 10.6 Å². The number of amides is 4. The number of hydrogen-bond acceptors (Lipinski definition) is 6. The second-order valence-electron chi connectivity index (χ2n) is 5.91. The number of hydrogen-bond donors (Lipinski definition) is 3. The molecule has 2 unspecified atom stereocenters. The molecule has 1 saturated heterocycles. The highest BCUT2D eigenvalue weighted by molar-refractivity contribution is 8.00. The van der Waals surface area contributed by atoms with Gasteiger partial charge in [0.1, 0.15) is 6.04 Å². The molecule has 9 nitrogen and oxygen atoms in total. The van der Waals surface area contributed by atoms with Crippen LogP contribution in [-0.4, -0.2) is 51.7 Å². The maximum Gasteiger partial charge on any atom is 0.327 e. The van der Waals surface area contributed by atoms with Gasteiger partial charge in [0.25, 0.3) is 0 Å². The number of rotatable bonds is 7. The molecule has 1 aliphatic heterocycles. The normalized spacial score (nSPS) is 17.6. The third kappa shape index (κ3) is 5.30. The SMILES string of the molecule is CC(=O)Nc1ccc(N2C(=O)CC(SCC(NC(C)=O)C(=O)O)C2=O)cc1. The molecule has 3 N–H and O–H groups in total. The van der Waals surface area contributed by atoms with Crippen LogP contribution in [0.4, 0.5) is 11.4 Å². The number of carboxylic acids is 1. The minimum absolute atomic E-state index is 0.0338. The number of benzene rings is 1. The fourth-order valence-electron chi connectivity index (χ4n) is 2.54. The Morgan fingerprint density at radius 1 is 1.19 bits per heavy atom. The van der Waals surface area contributed by atoms with E-state index in [1.807, 2.05) is 0 Å². The molecule has 2 rings (SSSR count). The summed E-state index contributed by atoms with van der Waals surface area (Å²) >= 11 is 1.02. The van der Waals surface area contributed by atoms with E-state index in [0.717, 1.165) is 16.7 Å². The van der Waals surface area contributed by atoms with Gasteiger partial charge in [-0.1, -0.05) is 0 Å². The lowest BCUT2D eigenvalue weighted by Crippen LogP contribution is -2.42. The Hall–Kier alpha value is -2.88. The Morgan fingerprint density at radius 2 is 1.81 bits per heavy atom. The lowest BCUT2D eigenvalue weighted by Gasteiger charge is -2.17. The average Bonchev–Trinajstić information content (AvgIpc) is 2.85. The van der Waals surface area contributed by atoms with E-state index in [1.165, 1.54) is 13.8 Å². The van der Waals surface area contributed by atoms with Crippen LogP contribution in [-0.2, 0) is 24.0 Å². The summed E-state index contributed by atoms with van der Waals surface area (Å²) in [7, 11) is 0. The molecule has 0 aromatic heterocycles. The van der Waals surface area contributed by atoms with Crippen molar-refractivity contribution < 1.29 is 29.1 Å². The Bertz CT molecular complexity index is 779. The molecule has 0 aliphatic carbocycles. The second-order valence-corrected chi connectivity index (χ2v) is 7.15. The number of carbonyl (C=O) groups excluding carboxylic acids is 4. The van der Waals surface area contributed by atoms with Crippen molar-refractivity contribution in [2.45, 2.75) is 31.6 Å². The molecular formula is C17H19N3O6S. The molecule has 144 valence electrons. The van der Waals surface area contributed by atoms with Gasteiger partial charge in [-0.15, -0.1) is 11.8 Å². The molecule has 0 bridgehead atoms. The number of nitrogens with zero attached hydrogens (tertiary/aromatic N) is 1. The highest BCUT2D eigenvalue weighted by Gasteiger charge is 2.40. The Kier molecular flexibility index (Phi) is 6.56. The first-order valence-corrected chi connectivity index (χ1v) is 9.10. The molecule has 0 spiro atoms. The van der Waals surface area contributed by atoms with E-state index in [1.54, 1.807) is 24.3 Å². The van der Waals surface area contributed by atoms with Gasteiger partial charge in [-0.25, -0.2) is 9.69 Å². The molecule has 1 aromatic carbocycles. The number of thioether (sulfide) groups is 1. The number of imide groups is 1. The summed E-state index contributed by atoms with van der Waals surface area (Å²) in [4.78, 5) is 59.1. The predicted octanol–water partition coefficient (Wildman–Crippen LogP) is 0.599. The van der Waals surface area contributed by atoms with Crippen LogP contribution in [0.3, 0.4) is 0 Å². The van der Waals surface area contributed by atoms with Gasteiger partial charge in [0.15, 0.2) is 0 Å². The summed E-state index contributed by atoms with van der Waals surface area (Å²) in [5.41, 5.74) is 0.912. The molecule has 0 saturated carbocycles. The largest absolute Gasteiger partial charge is 0.480 e. The van der Waals surface area contributed by atoms with E-state index < -0.39 is 35.0 Å². The molecule has 0 radical (unpaired) electrons. The van der Waals surface area contributed by atoms with Crippen LogP contribution in [0.15, 0.2) is 24.3 Å². The highest BCUT2D eigenvalue weighted by atomic mass is 32.2. The first kappa shape index (κ1) is 20.4.